The Morgan fingerprint density at radius 2 is 1.62 bits per heavy atom. The summed E-state index contributed by atoms with van der Waals surface area (Å²) in [7, 11) is 1.56. The lowest BCUT2D eigenvalue weighted by atomic mass is 10.2. The lowest BCUT2D eigenvalue weighted by molar-refractivity contribution is -0.139. The predicted octanol–water partition coefficient (Wildman–Crippen LogP) is 4.18. The van der Waals surface area contributed by atoms with Crippen molar-refractivity contribution in [2.24, 2.45) is 5.10 Å². The fourth-order valence-electron chi connectivity index (χ4n) is 3.18. The molecule has 0 aromatic heterocycles. The number of hydrogen-bond acceptors (Lipinski definition) is 7. The van der Waals surface area contributed by atoms with E-state index in [4.69, 9.17) is 37.4 Å². The third-order valence-corrected chi connectivity index (χ3v) is 5.41. The van der Waals surface area contributed by atoms with E-state index in [-0.39, 0.29) is 13.2 Å². The molecule has 0 aliphatic carbocycles. The predicted molar refractivity (Wildman–Crippen MR) is 149 cm³/mol. The number of ether oxygens (including phenoxy) is 3. The summed E-state index contributed by atoms with van der Waals surface area (Å²) in [4.78, 5) is 36.4. The van der Waals surface area contributed by atoms with Gasteiger partial charge in [0.15, 0.2) is 18.1 Å². The molecule has 3 aromatic carbocycles. The molecule has 3 amide bonds. The first-order valence-corrected chi connectivity index (χ1v) is 12.4. The van der Waals surface area contributed by atoms with Crippen LogP contribution < -0.4 is 30.3 Å². The van der Waals surface area contributed by atoms with Crippen molar-refractivity contribution in [1.82, 2.24) is 10.7 Å². The topological polar surface area (TPSA) is 127 Å². The highest BCUT2D eigenvalue weighted by Crippen LogP contribution is 2.28. The van der Waals surface area contributed by atoms with Crippen molar-refractivity contribution in [2.45, 2.75) is 13.5 Å². The third-order valence-electron chi connectivity index (χ3n) is 4.97. The van der Waals surface area contributed by atoms with Gasteiger partial charge in [-0.25, -0.2) is 5.43 Å². The highest BCUT2D eigenvalue weighted by molar-refractivity contribution is 6.35. The molecule has 3 rings (SSSR count). The molecule has 39 heavy (non-hydrogen) atoms. The Hall–Kier alpha value is -4.28. The van der Waals surface area contributed by atoms with E-state index >= 15 is 0 Å². The van der Waals surface area contributed by atoms with Crippen LogP contribution in [0.1, 0.15) is 18.1 Å². The maximum Gasteiger partial charge on any atom is 0.329 e. The van der Waals surface area contributed by atoms with Crippen LogP contribution >= 0.6 is 23.2 Å². The van der Waals surface area contributed by atoms with E-state index in [9.17, 15) is 14.4 Å². The van der Waals surface area contributed by atoms with Gasteiger partial charge in [-0.15, -0.1) is 0 Å². The van der Waals surface area contributed by atoms with Crippen molar-refractivity contribution in [3.05, 3.63) is 81.8 Å². The molecule has 12 heteroatoms. The van der Waals surface area contributed by atoms with Crippen molar-refractivity contribution in [1.29, 1.82) is 0 Å². The molecule has 0 unspecified atom stereocenters. The number of anilines is 1. The summed E-state index contributed by atoms with van der Waals surface area (Å²) < 4.78 is 16.3. The zero-order chi connectivity index (χ0) is 28.2. The Kier molecular flexibility index (Phi) is 11.0. The van der Waals surface area contributed by atoms with Gasteiger partial charge in [0, 0.05) is 22.3 Å². The molecule has 10 nitrogen and oxygen atoms in total. The van der Waals surface area contributed by atoms with Gasteiger partial charge in [0.05, 0.1) is 19.9 Å². The molecule has 3 aromatic rings. The van der Waals surface area contributed by atoms with Crippen LogP contribution in [-0.4, -0.2) is 44.3 Å². The summed E-state index contributed by atoms with van der Waals surface area (Å²) in [5.74, 6) is -0.792. The van der Waals surface area contributed by atoms with E-state index in [1.165, 1.54) is 6.21 Å². The average molecular weight is 573 g/mol. The van der Waals surface area contributed by atoms with Crippen LogP contribution in [0, 0.1) is 0 Å². The van der Waals surface area contributed by atoms with Crippen LogP contribution in [0.4, 0.5) is 5.69 Å². The first-order valence-electron chi connectivity index (χ1n) is 11.7. The number of rotatable bonds is 11. The van der Waals surface area contributed by atoms with Gasteiger partial charge in [0.25, 0.3) is 5.91 Å². The van der Waals surface area contributed by atoms with Gasteiger partial charge in [0.2, 0.25) is 0 Å². The summed E-state index contributed by atoms with van der Waals surface area (Å²) in [6, 6.07) is 16.6. The second-order valence-corrected chi connectivity index (χ2v) is 8.74. The van der Waals surface area contributed by atoms with Crippen LogP contribution in [0.2, 0.25) is 10.0 Å². The lowest BCUT2D eigenvalue weighted by Gasteiger charge is -2.13. The molecular weight excluding hydrogens is 547 g/mol. The summed E-state index contributed by atoms with van der Waals surface area (Å²) in [5.41, 5.74) is 3.98. The zero-order valence-corrected chi connectivity index (χ0v) is 22.6. The Bertz CT molecular complexity index is 1330. The van der Waals surface area contributed by atoms with Crippen LogP contribution in [0.25, 0.3) is 0 Å². The lowest BCUT2D eigenvalue weighted by Crippen LogP contribution is -2.37. The van der Waals surface area contributed by atoms with Gasteiger partial charge in [-0.3, -0.25) is 14.4 Å². The summed E-state index contributed by atoms with van der Waals surface area (Å²) in [5, 5.41) is 9.77. The SMILES string of the molecule is CCOc1cc(/C=N\NC(=O)C(=O)NCc2ccc(OC)cc2)ccc1OCC(=O)Nc1cc(Cl)cc(Cl)c1. The minimum atomic E-state index is -0.920. The zero-order valence-electron chi connectivity index (χ0n) is 21.1. The molecule has 0 saturated carbocycles. The highest BCUT2D eigenvalue weighted by atomic mass is 35.5. The van der Waals surface area contributed by atoms with Gasteiger partial charge < -0.3 is 24.8 Å². The number of halogens is 2. The molecular formula is C27H26Cl2N4O6. The van der Waals surface area contributed by atoms with Gasteiger partial charge >= 0.3 is 11.8 Å². The smallest absolute Gasteiger partial charge is 0.329 e. The quantitative estimate of drug-likeness (QED) is 0.180. The van der Waals surface area contributed by atoms with Crippen LogP contribution in [0.3, 0.4) is 0 Å². The minimum Gasteiger partial charge on any atom is -0.497 e. The number of amides is 3. The van der Waals surface area contributed by atoms with Gasteiger partial charge in [0.1, 0.15) is 5.75 Å². The van der Waals surface area contributed by atoms with Gasteiger partial charge in [-0.2, -0.15) is 5.10 Å². The first-order chi connectivity index (χ1) is 18.8. The normalized spacial score (nSPS) is 10.6. The van der Waals surface area contributed by atoms with Gasteiger partial charge in [-0.1, -0.05) is 35.3 Å². The summed E-state index contributed by atoms with van der Waals surface area (Å²) >= 11 is 11.9. The number of benzene rings is 3. The average Bonchev–Trinajstić information content (AvgIpc) is 2.91. The molecule has 3 N–H and O–H groups in total. The molecule has 0 fully saturated rings. The van der Waals surface area contributed by atoms with Crippen molar-refractivity contribution in [3.8, 4) is 17.2 Å². The molecule has 0 heterocycles. The van der Waals surface area contributed by atoms with Crippen LogP contribution in [0.15, 0.2) is 65.8 Å². The molecule has 0 aliphatic heterocycles. The minimum absolute atomic E-state index is 0.171. The van der Waals surface area contributed by atoms with Crippen molar-refractivity contribution < 1.29 is 28.6 Å². The standard InChI is InChI=1S/C27H26Cl2N4O6/c1-3-38-24-10-18(6-9-23(24)39-16-25(34)32-21-12-19(28)11-20(29)13-21)15-31-33-27(36)26(35)30-14-17-4-7-22(37-2)8-5-17/h4-13,15H,3,14,16H2,1-2H3,(H,30,35)(H,32,34)(H,33,36)/b31-15-. The van der Waals surface area contributed by atoms with Crippen molar-refractivity contribution in [2.75, 3.05) is 25.6 Å². The number of nitrogens with one attached hydrogen (secondary N) is 3. The Morgan fingerprint density at radius 1 is 0.897 bits per heavy atom. The van der Waals surface area contributed by atoms with E-state index in [1.54, 1.807) is 74.7 Å². The molecule has 0 spiro atoms. The fourth-order valence-corrected chi connectivity index (χ4v) is 3.71. The number of methoxy groups -OCH3 is 1. The molecule has 0 atom stereocenters. The molecule has 0 bridgehead atoms. The molecule has 0 saturated heterocycles. The summed E-state index contributed by atoms with van der Waals surface area (Å²) in [6.07, 6.45) is 1.34. The monoisotopic (exact) mass is 572 g/mol. The van der Waals surface area contributed by atoms with E-state index < -0.39 is 17.7 Å². The van der Waals surface area contributed by atoms with Gasteiger partial charge in [-0.05, 0) is 66.6 Å². The third kappa shape index (κ3) is 9.51. The van der Waals surface area contributed by atoms with Crippen LogP contribution in [-0.2, 0) is 20.9 Å². The van der Waals surface area contributed by atoms with E-state index in [2.05, 4.69) is 21.2 Å². The summed E-state index contributed by atoms with van der Waals surface area (Å²) in [6.45, 7) is 2.02. The number of carbonyl (C=O) groups is 3. The first kappa shape index (κ1) is 29.3. The number of nitrogens with zero attached hydrogens (tertiary/aromatic N) is 1. The maximum absolute atomic E-state index is 12.3. The van der Waals surface area contributed by atoms with E-state index in [1.807, 2.05) is 0 Å². The fraction of sp³-hybridized carbons (Fsp3) is 0.185. The Labute approximate surface area is 235 Å². The van der Waals surface area contributed by atoms with Crippen molar-refractivity contribution in [3.63, 3.8) is 0 Å². The second kappa shape index (κ2) is 14.6. The van der Waals surface area contributed by atoms with Crippen molar-refractivity contribution >= 4 is 52.8 Å². The molecule has 0 aliphatic rings. The second-order valence-electron chi connectivity index (χ2n) is 7.86. The number of hydrogen-bond donors (Lipinski definition) is 3. The maximum atomic E-state index is 12.3. The number of hydrazone groups is 1. The highest BCUT2D eigenvalue weighted by Gasteiger charge is 2.13. The molecule has 204 valence electrons. The number of carbonyl (C=O) groups excluding carboxylic acids is 3. The molecule has 0 radical (unpaired) electrons. The Morgan fingerprint density at radius 3 is 2.28 bits per heavy atom. The van der Waals surface area contributed by atoms with Crippen LogP contribution in [0.5, 0.6) is 17.2 Å². The largest absolute Gasteiger partial charge is 0.497 e. The van der Waals surface area contributed by atoms with E-state index in [0.29, 0.717) is 45.2 Å². The Balaban J connectivity index is 1.52. The van der Waals surface area contributed by atoms with E-state index in [0.717, 1.165) is 5.56 Å².